The van der Waals surface area contributed by atoms with Crippen molar-refractivity contribution in [1.82, 2.24) is 9.97 Å². The van der Waals surface area contributed by atoms with E-state index >= 15 is 0 Å². The minimum Gasteiger partial charge on any atom is -0.370 e. The summed E-state index contributed by atoms with van der Waals surface area (Å²) in [5, 5.41) is 7.65. The number of hydrogen-bond donors (Lipinski definition) is 2. The summed E-state index contributed by atoms with van der Waals surface area (Å²) in [5.74, 6) is 2.31. The topological polar surface area (TPSA) is 49.8 Å². The molecule has 0 fully saturated rings. The molecule has 0 aliphatic rings. The fraction of sp³-hybridized carbons (Fsp3) is 0.333. The first-order valence-corrected chi connectivity index (χ1v) is 7.72. The molecule has 0 aliphatic carbocycles. The van der Waals surface area contributed by atoms with Crippen LogP contribution in [0.3, 0.4) is 0 Å². The number of nitrogens with zero attached hydrogens (tertiary/aromatic N) is 2. The Labute approximate surface area is 134 Å². The van der Waals surface area contributed by atoms with Crippen LogP contribution in [0.4, 0.5) is 17.3 Å². The second-order valence-electron chi connectivity index (χ2n) is 4.58. The Kier molecular flexibility index (Phi) is 5.65. The molecule has 0 radical (unpaired) electrons. The van der Waals surface area contributed by atoms with E-state index in [1.54, 1.807) is 12.1 Å². The van der Waals surface area contributed by atoms with Gasteiger partial charge in [0.1, 0.15) is 17.5 Å². The van der Waals surface area contributed by atoms with Crippen molar-refractivity contribution in [2.75, 3.05) is 17.2 Å². The highest BCUT2D eigenvalue weighted by Gasteiger charge is 2.06. The maximum atomic E-state index is 6.17. The van der Waals surface area contributed by atoms with Crippen molar-refractivity contribution in [3.8, 4) is 0 Å². The molecule has 4 nitrogen and oxygen atoms in total. The maximum Gasteiger partial charge on any atom is 0.136 e. The van der Waals surface area contributed by atoms with Crippen molar-refractivity contribution in [3.05, 3.63) is 40.1 Å². The molecule has 0 bridgehead atoms. The van der Waals surface area contributed by atoms with E-state index in [0.29, 0.717) is 15.9 Å². The Morgan fingerprint density at radius 2 is 1.81 bits per heavy atom. The van der Waals surface area contributed by atoms with Gasteiger partial charge in [0.15, 0.2) is 0 Å². The number of benzene rings is 1. The first kappa shape index (κ1) is 15.9. The molecule has 0 atom stereocenters. The zero-order valence-corrected chi connectivity index (χ0v) is 13.6. The SMILES string of the molecule is CCCNc1cc(Nc2ccc(Cl)cc2Cl)nc(CC)n1. The normalized spacial score (nSPS) is 10.5. The third-order valence-electron chi connectivity index (χ3n) is 2.84. The summed E-state index contributed by atoms with van der Waals surface area (Å²) in [6.45, 7) is 5.01. The van der Waals surface area contributed by atoms with Crippen molar-refractivity contribution in [2.24, 2.45) is 0 Å². The molecule has 2 N–H and O–H groups in total. The van der Waals surface area contributed by atoms with E-state index in [-0.39, 0.29) is 0 Å². The highest BCUT2D eigenvalue weighted by Crippen LogP contribution is 2.28. The Hall–Kier alpha value is -1.52. The molecule has 21 heavy (non-hydrogen) atoms. The van der Waals surface area contributed by atoms with Gasteiger partial charge in [-0.15, -0.1) is 0 Å². The molecular weight excluding hydrogens is 307 g/mol. The van der Waals surface area contributed by atoms with Gasteiger partial charge in [-0.05, 0) is 24.6 Å². The molecule has 112 valence electrons. The summed E-state index contributed by atoms with van der Waals surface area (Å²) in [6.07, 6.45) is 1.81. The van der Waals surface area contributed by atoms with Crippen LogP contribution in [-0.2, 0) is 6.42 Å². The first-order valence-electron chi connectivity index (χ1n) is 6.96. The standard InChI is InChI=1S/C15H18Cl2N4/c1-3-7-18-14-9-15(21-13(4-2)20-14)19-12-6-5-10(16)8-11(12)17/h5-6,8-9H,3-4,7H2,1-2H3,(H2,18,19,20,21). The summed E-state index contributed by atoms with van der Waals surface area (Å²) < 4.78 is 0. The molecule has 0 saturated carbocycles. The predicted molar refractivity (Wildman–Crippen MR) is 89.9 cm³/mol. The van der Waals surface area contributed by atoms with Gasteiger partial charge in [0, 0.05) is 24.1 Å². The Morgan fingerprint density at radius 1 is 1.05 bits per heavy atom. The van der Waals surface area contributed by atoms with Crippen molar-refractivity contribution < 1.29 is 0 Å². The van der Waals surface area contributed by atoms with Crippen LogP contribution >= 0.6 is 23.2 Å². The number of halogens is 2. The molecule has 1 aromatic heterocycles. The number of nitrogens with one attached hydrogen (secondary N) is 2. The van der Waals surface area contributed by atoms with Gasteiger partial charge in [0.05, 0.1) is 10.7 Å². The van der Waals surface area contributed by atoms with Gasteiger partial charge < -0.3 is 10.6 Å². The smallest absolute Gasteiger partial charge is 0.136 e. The second kappa shape index (κ2) is 7.48. The van der Waals surface area contributed by atoms with Gasteiger partial charge in [-0.1, -0.05) is 37.0 Å². The summed E-state index contributed by atoms with van der Waals surface area (Å²) >= 11 is 12.1. The van der Waals surface area contributed by atoms with E-state index in [1.165, 1.54) is 0 Å². The third kappa shape index (κ3) is 4.48. The van der Waals surface area contributed by atoms with Crippen LogP contribution in [0.2, 0.25) is 10.0 Å². The van der Waals surface area contributed by atoms with Crippen LogP contribution in [-0.4, -0.2) is 16.5 Å². The third-order valence-corrected chi connectivity index (χ3v) is 3.39. The van der Waals surface area contributed by atoms with Crippen molar-refractivity contribution in [2.45, 2.75) is 26.7 Å². The predicted octanol–water partition coefficient (Wildman–Crippen LogP) is 4.91. The lowest BCUT2D eigenvalue weighted by molar-refractivity contribution is 0.919. The summed E-state index contributed by atoms with van der Waals surface area (Å²) in [7, 11) is 0. The number of anilines is 3. The van der Waals surface area contributed by atoms with E-state index in [4.69, 9.17) is 23.2 Å². The molecule has 1 aromatic carbocycles. The van der Waals surface area contributed by atoms with Crippen LogP contribution in [0.15, 0.2) is 24.3 Å². The summed E-state index contributed by atoms with van der Waals surface area (Å²) in [6, 6.07) is 7.19. The van der Waals surface area contributed by atoms with Crippen LogP contribution in [0, 0.1) is 0 Å². The Morgan fingerprint density at radius 3 is 2.48 bits per heavy atom. The molecule has 2 rings (SSSR count). The highest BCUT2D eigenvalue weighted by molar-refractivity contribution is 6.36. The zero-order chi connectivity index (χ0) is 15.2. The Balaban J connectivity index is 2.25. The first-order chi connectivity index (χ1) is 10.1. The molecule has 0 saturated heterocycles. The van der Waals surface area contributed by atoms with E-state index in [2.05, 4.69) is 27.5 Å². The van der Waals surface area contributed by atoms with Crippen LogP contribution < -0.4 is 10.6 Å². The van der Waals surface area contributed by atoms with Gasteiger partial charge in [-0.3, -0.25) is 0 Å². The molecule has 1 heterocycles. The zero-order valence-electron chi connectivity index (χ0n) is 12.1. The largest absolute Gasteiger partial charge is 0.370 e. The quantitative estimate of drug-likeness (QED) is 0.792. The van der Waals surface area contributed by atoms with Gasteiger partial charge in [0.25, 0.3) is 0 Å². The fourth-order valence-corrected chi connectivity index (χ4v) is 2.25. The van der Waals surface area contributed by atoms with Crippen molar-refractivity contribution in [1.29, 1.82) is 0 Å². The summed E-state index contributed by atoms with van der Waals surface area (Å²) in [5.41, 5.74) is 0.767. The molecule has 2 aromatic rings. The molecule has 0 unspecified atom stereocenters. The fourth-order valence-electron chi connectivity index (χ4n) is 1.79. The molecule has 0 spiro atoms. The molecule has 0 amide bonds. The number of aryl methyl sites for hydroxylation is 1. The van der Waals surface area contributed by atoms with Gasteiger partial charge in [-0.25, -0.2) is 9.97 Å². The van der Waals surface area contributed by atoms with Gasteiger partial charge in [-0.2, -0.15) is 0 Å². The van der Waals surface area contributed by atoms with Gasteiger partial charge >= 0.3 is 0 Å². The Bertz CT molecular complexity index is 617. The lowest BCUT2D eigenvalue weighted by Crippen LogP contribution is -2.07. The number of rotatable bonds is 6. The molecule has 6 heteroatoms. The average Bonchev–Trinajstić information content (AvgIpc) is 2.48. The average molecular weight is 325 g/mol. The van der Waals surface area contributed by atoms with E-state index in [9.17, 15) is 0 Å². The highest BCUT2D eigenvalue weighted by atomic mass is 35.5. The lowest BCUT2D eigenvalue weighted by Gasteiger charge is -2.11. The minimum atomic E-state index is 0.558. The minimum absolute atomic E-state index is 0.558. The monoisotopic (exact) mass is 324 g/mol. The number of hydrogen-bond acceptors (Lipinski definition) is 4. The van der Waals surface area contributed by atoms with E-state index in [0.717, 1.165) is 36.7 Å². The van der Waals surface area contributed by atoms with E-state index < -0.39 is 0 Å². The van der Waals surface area contributed by atoms with E-state index in [1.807, 2.05) is 19.1 Å². The van der Waals surface area contributed by atoms with Crippen molar-refractivity contribution >= 4 is 40.5 Å². The van der Waals surface area contributed by atoms with Crippen LogP contribution in [0.1, 0.15) is 26.1 Å². The lowest BCUT2D eigenvalue weighted by atomic mass is 10.3. The molecule has 0 aliphatic heterocycles. The van der Waals surface area contributed by atoms with Crippen molar-refractivity contribution in [3.63, 3.8) is 0 Å². The second-order valence-corrected chi connectivity index (χ2v) is 5.43. The maximum absolute atomic E-state index is 6.17. The summed E-state index contributed by atoms with van der Waals surface area (Å²) in [4.78, 5) is 8.92. The van der Waals surface area contributed by atoms with Crippen LogP contribution in [0.25, 0.3) is 0 Å². The van der Waals surface area contributed by atoms with Crippen LogP contribution in [0.5, 0.6) is 0 Å². The number of aromatic nitrogens is 2. The van der Waals surface area contributed by atoms with Gasteiger partial charge in [0.2, 0.25) is 0 Å². The molecular formula is C15H18Cl2N4.